The molecule has 7 heteroatoms. The first-order chi connectivity index (χ1) is 15.1. The van der Waals surface area contributed by atoms with Gasteiger partial charge in [-0.05, 0) is 36.9 Å². The van der Waals surface area contributed by atoms with E-state index >= 15 is 0 Å². The van der Waals surface area contributed by atoms with Crippen molar-refractivity contribution < 1.29 is 14.2 Å². The lowest BCUT2D eigenvalue weighted by Crippen LogP contribution is -2.36. The van der Waals surface area contributed by atoms with Crippen molar-refractivity contribution in [3.05, 3.63) is 53.6 Å². The minimum atomic E-state index is 0.613. The second-order valence-corrected chi connectivity index (χ2v) is 6.95. The van der Waals surface area contributed by atoms with Gasteiger partial charge in [0.15, 0.2) is 17.5 Å². The summed E-state index contributed by atoms with van der Waals surface area (Å²) in [7, 11) is 5.10. The monoisotopic (exact) mass is 428 g/mol. The SMILES string of the molecule is CCN(CC)CCOc1ccc(CNC(=NC)NCc2ccccc2OC)cc1OC. The smallest absolute Gasteiger partial charge is 0.191 e. The van der Waals surface area contributed by atoms with E-state index in [0.717, 1.165) is 48.0 Å². The highest BCUT2D eigenvalue weighted by Crippen LogP contribution is 2.28. The molecule has 2 aromatic rings. The number of likely N-dealkylation sites (N-methyl/N-ethyl adjacent to an activating group) is 1. The molecule has 0 aliphatic heterocycles. The fourth-order valence-corrected chi connectivity index (χ4v) is 3.20. The van der Waals surface area contributed by atoms with Crippen molar-refractivity contribution in [1.82, 2.24) is 15.5 Å². The average molecular weight is 429 g/mol. The van der Waals surface area contributed by atoms with Gasteiger partial charge in [-0.2, -0.15) is 0 Å². The van der Waals surface area contributed by atoms with Crippen molar-refractivity contribution in [3.8, 4) is 17.2 Å². The molecule has 0 aliphatic rings. The van der Waals surface area contributed by atoms with E-state index in [1.54, 1.807) is 21.3 Å². The Bertz CT molecular complexity index is 822. The van der Waals surface area contributed by atoms with Gasteiger partial charge in [0.1, 0.15) is 12.4 Å². The van der Waals surface area contributed by atoms with Crippen LogP contribution in [0.15, 0.2) is 47.5 Å². The second-order valence-electron chi connectivity index (χ2n) is 6.95. The van der Waals surface area contributed by atoms with Crippen molar-refractivity contribution >= 4 is 5.96 Å². The largest absolute Gasteiger partial charge is 0.496 e. The lowest BCUT2D eigenvalue weighted by Gasteiger charge is -2.19. The summed E-state index contributed by atoms with van der Waals surface area (Å²) in [5, 5.41) is 6.65. The summed E-state index contributed by atoms with van der Waals surface area (Å²) < 4.78 is 16.9. The lowest BCUT2D eigenvalue weighted by molar-refractivity contribution is 0.217. The van der Waals surface area contributed by atoms with Gasteiger partial charge >= 0.3 is 0 Å². The molecule has 0 saturated carbocycles. The third-order valence-corrected chi connectivity index (χ3v) is 5.11. The van der Waals surface area contributed by atoms with Gasteiger partial charge in [-0.3, -0.25) is 4.99 Å². The molecule has 0 saturated heterocycles. The molecule has 2 N–H and O–H groups in total. The molecule has 170 valence electrons. The van der Waals surface area contributed by atoms with Crippen LogP contribution in [0.5, 0.6) is 17.2 Å². The van der Waals surface area contributed by atoms with Gasteiger partial charge in [-0.1, -0.05) is 38.1 Å². The molecule has 0 unspecified atom stereocenters. The van der Waals surface area contributed by atoms with Crippen LogP contribution in [0.4, 0.5) is 0 Å². The van der Waals surface area contributed by atoms with E-state index in [1.165, 1.54) is 0 Å². The van der Waals surface area contributed by atoms with E-state index in [4.69, 9.17) is 14.2 Å². The highest BCUT2D eigenvalue weighted by Gasteiger charge is 2.08. The van der Waals surface area contributed by atoms with Gasteiger partial charge in [-0.25, -0.2) is 0 Å². The minimum absolute atomic E-state index is 0.613. The van der Waals surface area contributed by atoms with Crippen LogP contribution in [0.3, 0.4) is 0 Å². The minimum Gasteiger partial charge on any atom is -0.496 e. The summed E-state index contributed by atoms with van der Waals surface area (Å²) in [5.74, 6) is 3.06. The Morgan fingerprint density at radius 3 is 2.29 bits per heavy atom. The predicted molar refractivity (Wildman–Crippen MR) is 126 cm³/mol. The van der Waals surface area contributed by atoms with Crippen LogP contribution in [-0.2, 0) is 13.1 Å². The molecule has 0 bridgehead atoms. The molecule has 31 heavy (non-hydrogen) atoms. The molecule has 2 aromatic carbocycles. The number of ether oxygens (including phenoxy) is 3. The highest BCUT2D eigenvalue weighted by atomic mass is 16.5. The number of benzene rings is 2. The van der Waals surface area contributed by atoms with Crippen molar-refractivity contribution in [2.24, 2.45) is 4.99 Å². The second kappa shape index (κ2) is 13.4. The van der Waals surface area contributed by atoms with Crippen molar-refractivity contribution in [2.45, 2.75) is 26.9 Å². The molecule has 0 heterocycles. The topological polar surface area (TPSA) is 67.4 Å². The van der Waals surface area contributed by atoms with Gasteiger partial charge in [0.25, 0.3) is 0 Å². The number of rotatable bonds is 12. The van der Waals surface area contributed by atoms with Crippen molar-refractivity contribution in [2.75, 3.05) is 47.5 Å². The summed E-state index contributed by atoms with van der Waals surface area (Å²) >= 11 is 0. The number of hydrogen-bond donors (Lipinski definition) is 2. The molecular weight excluding hydrogens is 392 g/mol. The number of nitrogens with one attached hydrogen (secondary N) is 2. The average Bonchev–Trinajstić information content (AvgIpc) is 2.82. The van der Waals surface area contributed by atoms with E-state index in [2.05, 4.69) is 34.4 Å². The quantitative estimate of drug-likeness (QED) is 0.399. The van der Waals surface area contributed by atoms with Crippen LogP contribution < -0.4 is 24.8 Å². The van der Waals surface area contributed by atoms with Crippen molar-refractivity contribution in [3.63, 3.8) is 0 Å². The summed E-state index contributed by atoms with van der Waals surface area (Å²) in [4.78, 5) is 6.63. The van der Waals surface area contributed by atoms with Crippen molar-refractivity contribution in [1.29, 1.82) is 0 Å². The highest BCUT2D eigenvalue weighted by molar-refractivity contribution is 5.79. The number of hydrogen-bond acceptors (Lipinski definition) is 5. The van der Waals surface area contributed by atoms with Crippen LogP contribution in [-0.4, -0.2) is 58.4 Å². The summed E-state index contributed by atoms with van der Waals surface area (Å²) in [6, 6.07) is 13.9. The van der Waals surface area contributed by atoms with Crippen LogP contribution in [0.25, 0.3) is 0 Å². The predicted octanol–water partition coefficient (Wildman–Crippen LogP) is 3.29. The van der Waals surface area contributed by atoms with E-state index in [1.807, 2.05) is 42.5 Å². The van der Waals surface area contributed by atoms with E-state index in [-0.39, 0.29) is 0 Å². The maximum atomic E-state index is 5.94. The number of nitrogens with zero attached hydrogens (tertiary/aromatic N) is 2. The zero-order chi connectivity index (χ0) is 22.5. The van der Waals surface area contributed by atoms with Gasteiger partial charge < -0.3 is 29.7 Å². The fourth-order valence-electron chi connectivity index (χ4n) is 3.20. The zero-order valence-corrected chi connectivity index (χ0v) is 19.4. The Kier molecular flexibility index (Phi) is 10.5. The third-order valence-electron chi connectivity index (χ3n) is 5.11. The third kappa shape index (κ3) is 7.68. The van der Waals surface area contributed by atoms with Gasteiger partial charge in [0, 0.05) is 32.2 Å². The molecular formula is C24H36N4O3. The maximum Gasteiger partial charge on any atom is 0.191 e. The molecule has 0 amide bonds. The number of para-hydroxylation sites is 1. The van der Waals surface area contributed by atoms with Gasteiger partial charge in [-0.15, -0.1) is 0 Å². The Morgan fingerprint density at radius 2 is 1.61 bits per heavy atom. The summed E-state index contributed by atoms with van der Waals surface area (Å²) in [6.07, 6.45) is 0. The molecule has 0 spiro atoms. The van der Waals surface area contributed by atoms with Gasteiger partial charge in [0.2, 0.25) is 0 Å². The first-order valence-corrected chi connectivity index (χ1v) is 10.7. The van der Waals surface area contributed by atoms with E-state index in [9.17, 15) is 0 Å². The first-order valence-electron chi connectivity index (χ1n) is 10.7. The summed E-state index contributed by atoms with van der Waals surface area (Å²) in [5.41, 5.74) is 2.15. The van der Waals surface area contributed by atoms with Crippen LogP contribution in [0.1, 0.15) is 25.0 Å². The molecule has 0 fully saturated rings. The van der Waals surface area contributed by atoms with Crippen LogP contribution in [0.2, 0.25) is 0 Å². The molecule has 2 rings (SSSR count). The number of aliphatic imine (C=N–C) groups is 1. The normalized spacial score (nSPS) is 11.4. The molecule has 7 nitrogen and oxygen atoms in total. The molecule has 0 aliphatic carbocycles. The van der Waals surface area contributed by atoms with Crippen LogP contribution >= 0.6 is 0 Å². The van der Waals surface area contributed by atoms with Crippen LogP contribution in [0, 0.1) is 0 Å². The Balaban J connectivity index is 1.89. The maximum absolute atomic E-state index is 5.94. The fraction of sp³-hybridized carbons (Fsp3) is 0.458. The molecule has 0 aromatic heterocycles. The molecule has 0 radical (unpaired) electrons. The van der Waals surface area contributed by atoms with E-state index in [0.29, 0.717) is 25.7 Å². The Labute approximate surface area is 186 Å². The van der Waals surface area contributed by atoms with Gasteiger partial charge in [0.05, 0.1) is 14.2 Å². The Hall–Kier alpha value is -2.93. The first kappa shape index (κ1) is 24.3. The van der Waals surface area contributed by atoms with E-state index < -0.39 is 0 Å². The Morgan fingerprint density at radius 1 is 0.903 bits per heavy atom. The standard InChI is InChI=1S/C24H36N4O3/c1-6-28(7-2)14-15-31-22-13-12-19(16-23(22)30-5)17-26-24(25-3)27-18-20-10-8-9-11-21(20)29-4/h8-13,16H,6-7,14-15,17-18H2,1-5H3,(H2,25,26,27). The number of guanidine groups is 1. The summed E-state index contributed by atoms with van der Waals surface area (Å²) in [6.45, 7) is 9.12. The zero-order valence-electron chi connectivity index (χ0n) is 19.4. The molecule has 0 atom stereocenters. The number of methoxy groups -OCH3 is 2. The lowest BCUT2D eigenvalue weighted by atomic mass is 10.2.